The minimum Gasteiger partial charge on any atom is -0.497 e. The first kappa shape index (κ1) is 21.7. The number of piperidine rings is 1. The lowest BCUT2D eigenvalue weighted by Gasteiger charge is -2.33. The molecule has 2 aromatic rings. The summed E-state index contributed by atoms with van der Waals surface area (Å²) in [6, 6.07) is 14.1. The van der Waals surface area contributed by atoms with Crippen molar-refractivity contribution in [2.75, 3.05) is 38.2 Å². The number of aromatic nitrogens is 1. The fourth-order valence-electron chi connectivity index (χ4n) is 3.47. The fraction of sp³-hybridized carbons (Fsp3) is 0.478. The van der Waals surface area contributed by atoms with Crippen molar-refractivity contribution in [1.82, 2.24) is 15.6 Å². The van der Waals surface area contributed by atoms with Crippen LogP contribution in [0.3, 0.4) is 0 Å². The fourth-order valence-corrected chi connectivity index (χ4v) is 3.47. The zero-order chi connectivity index (χ0) is 21.2. The minimum atomic E-state index is -0.0430. The number of pyridine rings is 1. The number of guanidine groups is 1. The molecule has 2 N–H and O–H groups in total. The van der Waals surface area contributed by atoms with Crippen LogP contribution >= 0.6 is 0 Å². The summed E-state index contributed by atoms with van der Waals surface area (Å²) < 4.78 is 11.2. The van der Waals surface area contributed by atoms with Crippen LogP contribution in [0.5, 0.6) is 11.5 Å². The van der Waals surface area contributed by atoms with Crippen molar-refractivity contribution >= 4 is 11.8 Å². The maximum absolute atomic E-state index is 5.98. The first-order valence-electron chi connectivity index (χ1n) is 10.7. The molecule has 1 unspecified atom stereocenters. The average molecular weight is 412 g/mol. The van der Waals surface area contributed by atoms with E-state index in [1.54, 1.807) is 7.11 Å². The Morgan fingerprint density at radius 2 is 2.00 bits per heavy atom. The predicted octanol–water partition coefficient (Wildman–Crippen LogP) is 3.08. The molecule has 1 aromatic heterocycles. The number of hydrogen-bond donors (Lipinski definition) is 2. The van der Waals surface area contributed by atoms with Gasteiger partial charge in [-0.15, -0.1) is 0 Å². The van der Waals surface area contributed by atoms with E-state index in [-0.39, 0.29) is 6.10 Å². The highest BCUT2D eigenvalue weighted by molar-refractivity contribution is 5.80. The summed E-state index contributed by atoms with van der Waals surface area (Å²) >= 11 is 0. The summed E-state index contributed by atoms with van der Waals surface area (Å²) in [5.41, 5.74) is 0. The Kier molecular flexibility index (Phi) is 8.18. The van der Waals surface area contributed by atoms with Gasteiger partial charge in [-0.1, -0.05) is 12.1 Å². The second kappa shape index (κ2) is 11.3. The number of aliphatic imine (C=N–C) groups is 1. The van der Waals surface area contributed by atoms with Crippen molar-refractivity contribution in [3.8, 4) is 11.5 Å². The Balaban J connectivity index is 1.49. The zero-order valence-electron chi connectivity index (χ0n) is 18.2. The Morgan fingerprint density at radius 3 is 2.70 bits per heavy atom. The van der Waals surface area contributed by atoms with E-state index in [2.05, 4.69) is 33.5 Å². The summed E-state index contributed by atoms with van der Waals surface area (Å²) in [6.07, 6.45) is 3.91. The van der Waals surface area contributed by atoms with E-state index in [0.717, 1.165) is 55.8 Å². The van der Waals surface area contributed by atoms with Crippen LogP contribution in [-0.2, 0) is 0 Å². The predicted molar refractivity (Wildman–Crippen MR) is 122 cm³/mol. The van der Waals surface area contributed by atoms with Crippen molar-refractivity contribution in [2.45, 2.75) is 38.8 Å². The van der Waals surface area contributed by atoms with E-state index in [1.165, 1.54) is 0 Å². The van der Waals surface area contributed by atoms with Crippen molar-refractivity contribution in [3.63, 3.8) is 0 Å². The number of anilines is 1. The van der Waals surface area contributed by atoms with Gasteiger partial charge in [0.2, 0.25) is 0 Å². The number of nitrogens with one attached hydrogen (secondary N) is 2. The van der Waals surface area contributed by atoms with Gasteiger partial charge in [0, 0.05) is 37.9 Å². The summed E-state index contributed by atoms with van der Waals surface area (Å²) in [6.45, 7) is 7.48. The third-order valence-corrected chi connectivity index (χ3v) is 5.04. The molecule has 1 aliphatic heterocycles. The molecule has 0 spiro atoms. The second-order valence-corrected chi connectivity index (χ2v) is 7.42. The number of nitrogens with zero attached hydrogens (tertiary/aromatic N) is 3. The maximum Gasteiger partial charge on any atom is 0.191 e. The molecule has 162 valence electrons. The standard InChI is InChI=1S/C23H33N5O2/c1-4-24-23(26-17-18(2)30-21-9-7-8-20(16-21)29-3)27-19-11-14-28(15-12-19)22-10-5-6-13-25-22/h5-10,13,16,18-19H,4,11-12,14-15,17H2,1-3H3,(H2,24,26,27). The van der Waals surface area contributed by atoms with Crippen molar-refractivity contribution in [2.24, 2.45) is 4.99 Å². The van der Waals surface area contributed by atoms with E-state index < -0.39 is 0 Å². The van der Waals surface area contributed by atoms with Crippen LogP contribution in [0.4, 0.5) is 5.82 Å². The molecule has 0 bridgehead atoms. The van der Waals surface area contributed by atoms with Crippen LogP contribution in [0.15, 0.2) is 53.7 Å². The van der Waals surface area contributed by atoms with Crippen molar-refractivity contribution in [1.29, 1.82) is 0 Å². The maximum atomic E-state index is 5.98. The van der Waals surface area contributed by atoms with E-state index in [1.807, 2.05) is 49.5 Å². The molecule has 1 atom stereocenters. The molecular formula is C23H33N5O2. The number of ether oxygens (including phenoxy) is 2. The Morgan fingerprint density at radius 1 is 1.20 bits per heavy atom. The van der Waals surface area contributed by atoms with Crippen molar-refractivity contribution in [3.05, 3.63) is 48.7 Å². The van der Waals surface area contributed by atoms with Crippen molar-refractivity contribution < 1.29 is 9.47 Å². The van der Waals surface area contributed by atoms with Gasteiger partial charge in [-0.05, 0) is 51.0 Å². The molecule has 0 amide bonds. The summed E-state index contributed by atoms with van der Waals surface area (Å²) in [5, 5.41) is 6.93. The lowest BCUT2D eigenvalue weighted by Crippen LogP contribution is -2.49. The molecule has 30 heavy (non-hydrogen) atoms. The first-order valence-corrected chi connectivity index (χ1v) is 10.7. The molecule has 7 nitrogen and oxygen atoms in total. The van der Waals surface area contributed by atoms with Gasteiger partial charge in [0.1, 0.15) is 23.4 Å². The van der Waals surface area contributed by atoms with E-state index >= 15 is 0 Å². The highest BCUT2D eigenvalue weighted by Crippen LogP contribution is 2.20. The average Bonchev–Trinajstić information content (AvgIpc) is 2.79. The van der Waals surface area contributed by atoms with Gasteiger partial charge >= 0.3 is 0 Å². The number of benzene rings is 1. The van der Waals surface area contributed by atoms with E-state index in [0.29, 0.717) is 12.6 Å². The lowest BCUT2D eigenvalue weighted by molar-refractivity contribution is 0.229. The van der Waals surface area contributed by atoms with Gasteiger partial charge in [-0.2, -0.15) is 0 Å². The number of hydrogen-bond acceptors (Lipinski definition) is 5. The molecular weight excluding hydrogens is 378 g/mol. The van der Waals surface area contributed by atoms with Crippen LogP contribution in [0.25, 0.3) is 0 Å². The first-order chi connectivity index (χ1) is 14.7. The van der Waals surface area contributed by atoms with Gasteiger partial charge < -0.3 is 25.0 Å². The molecule has 0 saturated carbocycles. The van der Waals surface area contributed by atoms with Crippen LogP contribution in [0, 0.1) is 0 Å². The molecule has 1 saturated heterocycles. The van der Waals surface area contributed by atoms with Crippen LogP contribution in [0.2, 0.25) is 0 Å². The molecule has 1 fully saturated rings. The van der Waals surface area contributed by atoms with E-state index in [9.17, 15) is 0 Å². The van der Waals surface area contributed by atoms with E-state index in [4.69, 9.17) is 14.5 Å². The summed E-state index contributed by atoms with van der Waals surface area (Å²) in [4.78, 5) is 11.5. The van der Waals surface area contributed by atoms with Crippen LogP contribution < -0.4 is 25.0 Å². The SMILES string of the molecule is CCNC(=NCC(C)Oc1cccc(OC)c1)NC1CCN(c2ccccn2)CC1. The molecule has 1 aromatic carbocycles. The third-order valence-electron chi connectivity index (χ3n) is 5.04. The minimum absolute atomic E-state index is 0.0430. The van der Waals surface area contributed by atoms with Crippen LogP contribution in [-0.4, -0.2) is 56.4 Å². The van der Waals surface area contributed by atoms with Crippen LogP contribution in [0.1, 0.15) is 26.7 Å². The molecule has 0 radical (unpaired) electrons. The number of methoxy groups -OCH3 is 1. The van der Waals surface area contributed by atoms with Gasteiger partial charge in [0.25, 0.3) is 0 Å². The molecule has 2 heterocycles. The topological polar surface area (TPSA) is 71.0 Å². The van der Waals surface area contributed by atoms with Gasteiger partial charge in [0.05, 0.1) is 13.7 Å². The normalized spacial score (nSPS) is 16.1. The highest BCUT2D eigenvalue weighted by atomic mass is 16.5. The smallest absolute Gasteiger partial charge is 0.191 e. The summed E-state index contributed by atoms with van der Waals surface area (Å²) in [7, 11) is 1.65. The van der Waals surface area contributed by atoms with Gasteiger partial charge in [0.15, 0.2) is 5.96 Å². The molecule has 0 aliphatic carbocycles. The van der Waals surface area contributed by atoms with Gasteiger partial charge in [-0.25, -0.2) is 9.98 Å². The number of rotatable bonds is 8. The third kappa shape index (κ3) is 6.54. The zero-order valence-corrected chi connectivity index (χ0v) is 18.2. The molecule has 1 aliphatic rings. The Labute approximate surface area is 179 Å². The lowest BCUT2D eigenvalue weighted by atomic mass is 10.1. The summed E-state index contributed by atoms with van der Waals surface area (Å²) in [5.74, 6) is 3.47. The quantitative estimate of drug-likeness (QED) is 0.514. The highest BCUT2D eigenvalue weighted by Gasteiger charge is 2.20. The van der Waals surface area contributed by atoms with Gasteiger partial charge in [-0.3, -0.25) is 0 Å². The Bertz CT molecular complexity index is 791. The Hall–Kier alpha value is -2.96. The second-order valence-electron chi connectivity index (χ2n) is 7.42. The largest absolute Gasteiger partial charge is 0.497 e. The molecule has 7 heteroatoms. The monoisotopic (exact) mass is 411 g/mol. The molecule has 3 rings (SSSR count).